The molecule has 0 unspecified atom stereocenters. The molecule has 44 heavy (non-hydrogen) atoms. The maximum Gasteiger partial charge on any atom is 0.244 e. The zero-order chi connectivity index (χ0) is 30.9. The molecule has 2 amide bonds. The number of anilines is 1. The van der Waals surface area contributed by atoms with Crippen LogP contribution in [0.15, 0.2) is 54.6 Å². The number of sulfonamides is 1. The van der Waals surface area contributed by atoms with E-state index in [1.807, 2.05) is 42.5 Å². The summed E-state index contributed by atoms with van der Waals surface area (Å²) in [4.78, 5) is 28.9. The molecule has 1 atom stereocenters. The Balaban J connectivity index is 1.20. The van der Waals surface area contributed by atoms with Crippen molar-refractivity contribution >= 4 is 27.5 Å². The highest BCUT2D eigenvalue weighted by molar-refractivity contribution is 7.92. The lowest BCUT2D eigenvalue weighted by Crippen LogP contribution is -2.53. The van der Waals surface area contributed by atoms with Crippen molar-refractivity contribution in [2.75, 3.05) is 23.7 Å². The van der Waals surface area contributed by atoms with Crippen molar-refractivity contribution < 1.29 is 18.0 Å². The fourth-order valence-corrected chi connectivity index (χ4v) is 10.0. The molecule has 238 valence electrons. The molecule has 2 aromatic rings. The predicted molar refractivity (Wildman–Crippen MR) is 175 cm³/mol. The molecule has 7 nitrogen and oxygen atoms in total. The van der Waals surface area contributed by atoms with Crippen LogP contribution in [0.3, 0.4) is 0 Å². The van der Waals surface area contributed by atoms with Gasteiger partial charge in [-0.2, -0.15) is 0 Å². The lowest BCUT2D eigenvalue weighted by molar-refractivity contribution is -0.139. The van der Waals surface area contributed by atoms with Gasteiger partial charge in [0.05, 0.1) is 11.9 Å². The van der Waals surface area contributed by atoms with Crippen LogP contribution in [0.1, 0.15) is 88.7 Å². The van der Waals surface area contributed by atoms with E-state index in [1.54, 1.807) is 11.8 Å². The Morgan fingerprint density at radius 3 is 2.05 bits per heavy atom. The third kappa shape index (κ3) is 6.85. The molecule has 5 saturated carbocycles. The molecule has 4 bridgehead atoms. The first-order chi connectivity index (χ1) is 21.1. The van der Waals surface area contributed by atoms with Crippen LogP contribution in [0.2, 0.25) is 0 Å². The summed E-state index contributed by atoms with van der Waals surface area (Å²) in [6, 6.07) is 17.3. The van der Waals surface area contributed by atoms with Gasteiger partial charge in [0.1, 0.15) is 12.6 Å². The number of hydrogen-bond donors (Lipinski definition) is 1. The van der Waals surface area contributed by atoms with Gasteiger partial charge in [0.15, 0.2) is 0 Å². The molecule has 8 heteroatoms. The highest BCUT2D eigenvalue weighted by Crippen LogP contribution is 2.60. The number of carbonyl (C=O) groups is 2. The van der Waals surface area contributed by atoms with Crippen LogP contribution >= 0.6 is 0 Å². The largest absolute Gasteiger partial charge is 0.352 e. The van der Waals surface area contributed by atoms with E-state index >= 15 is 0 Å². The Bertz CT molecular complexity index is 1380. The highest BCUT2D eigenvalue weighted by atomic mass is 32.2. The fraction of sp³-hybridized carbons (Fsp3) is 0.611. The van der Waals surface area contributed by atoms with Crippen LogP contribution in [0.4, 0.5) is 5.69 Å². The normalized spacial score (nSPS) is 27.1. The number of amides is 2. The minimum atomic E-state index is -3.75. The van der Waals surface area contributed by atoms with Crippen molar-refractivity contribution in [3.05, 3.63) is 65.7 Å². The second-order valence-corrected chi connectivity index (χ2v) is 16.3. The smallest absolute Gasteiger partial charge is 0.244 e. The number of nitrogens with zero attached hydrogens (tertiary/aromatic N) is 2. The molecule has 7 rings (SSSR count). The Kier molecular flexibility index (Phi) is 9.10. The minimum absolute atomic E-state index is 0.129. The van der Waals surface area contributed by atoms with Gasteiger partial charge in [0, 0.05) is 12.6 Å². The van der Waals surface area contributed by atoms with E-state index < -0.39 is 16.1 Å². The molecular formula is C36H49N3O4S. The SMILES string of the molecule is C[C@H](C(=O)NC1CCCCC1)N(CCc1ccccc1)C(=O)CN(c1ccc(C23CC4CC(CC(C4)C2)C3)cc1)S(C)(=O)=O. The summed E-state index contributed by atoms with van der Waals surface area (Å²) in [5, 5.41) is 3.16. The van der Waals surface area contributed by atoms with Gasteiger partial charge in [-0.05, 0) is 111 Å². The topological polar surface area (TPSA) is 86.8 Å². The van der Waals surface area contributed by atoms with Gasteiger partial charge in [0.25, 0.3) is 0 Å². The lowest BCUT2D eigenvalue weighted by atomic mass is 9.48. The average molecular weight is 620 g/mol. The molecule has 5 aliphatic rings. The van der Waals surface area contributed by atoms with E-state index in [1.165, 1.54) is 54.8 Å². The summed E-state index contributed by atoms with van der Waals surface area (Å²) in [5.74, 6) is 1.92. The van der Waals surface area contributed by atoms with Gasteiger partial charge in [0.2, 0.25) is 21.8 Å². The molecule has 0 heterocycles. The Morgan fingerprint density at radius 1 is 0.886 bits per heavy atom. The molecule has 0 saturated heterocycles. The van der Waals surface area contributed by atoms with Crippen molar-refractivity contribution in [3.63, 3.8) is 0 Å². The average Bonchev–Trinajstić information content (AvgIpc) is 3.00. The van der Waals surface area contributed by atoms with Crippen molar-refractivity contribution in [1.82, 2.24) is 10.2 Å². The number of carbonyl (C=O) groups excluding carboxylic acids is 2. The Morgan fingerprint density at radius 2 is 1.48 bits per heavy atom. The van der Waals surface area contributed by atoms with Gasteiger partial charge in [-0.15, -0.1) is 0 Å². The van der Waals surface area contributed by atoms with Crippen molar-refractivity contribution in [1.29, 1.82) is 0 Å². The first kappa shape index (κ1) is 31.1. The number of nitrogens with one attached hydrogen (secondary N) is 1. The van der Waals surface area contributed by atoms with E-state index in [9.17, 15) is 18.0 Å². The molecule has 2 aromatic carbocycles. The maximum absolute atomic E-state index is 14.0. The second kappa shape index (κ2) is 12.9. The summed E-state index contributed by atoms with van der Waals surface area (Å²) in [6.07, 6.45) is 14.9. The highest BCUT2D eigenvalue weighted by Gasteiger charge is 2.51. The van der Waals surface area contributed by atoms with Crippen LogP contribution in [-0.4, -0.2) is 56.6 Å². The molecule has 5 fully saturated rings. The van der Waals surface area contributed by atoms with E-state index in [0.29, 0.717) is 18.7 Å². The zero-order valence-electron chi connectivity index (χ0n) is 26.4. The van der Waals surface area contributed by atoms with Gasteiger partial charge >= 0.3 is 0 Å². The molecule has 0 spiro atoms. The number of hydrogen-bond acceptors (Lipinski definition) is 4. The first-order valence-corrected chi connectivity index (χ1v) is 18.7. The summed E-state index contributed by atoms with van der Waals surface area (Å²) < 4.78 is 27.4. The summed E-state index contributed by atoms with van der Waals surface area (Å²) >= 11 is 0. The van der Waals surface area contributed by atoms with Crippen LogP contribution in [0.25, 0.3) is 0 Å². The van der Waals surface area contributed by atoms with Gasteiger partial charge in [-0.3, -0.25) is 13.9 Å². The van der Waals surface area contributed by atoms with Crippen molar-refractivity contribution in [3.8, 4) is 0 Å². The quantitative estimate of drug-likeness (QED) is 0.343. The Hall–Kier alpha value is -2.87. The van der Waals surface area contributed by atoms with Crippen LogP contribution in [0, 0.1) is 17.8 Å². The summed E-state index contributed by atoms with van der Waals surface area (Å²) in [7, 11) is -3.75. The zero-order valence-corrected chi connectivity index (χ0v) is 27.2. The molecule has 0 radical (unpaired) electrons. The van der Waals surface area contributed by atoms with E-state index in [4.69, 9.17) is 0 Å². The number of rotatable bonds is 11. The van der Waals surface area contributed by atoms with Crippen molar-refractivity contribution in [2.24, 2.45) is 17.8 Å². The van der Waals surface area contributed by atoms with Gasteiger partial charge in [-0.1, -0.05) is 61.7 Å². The third-order valence-electron chi connectivity index (χ3n) is 11.1. The number of benzene rings is 2. The monoisotopic (exact) mass is 619 g/mol. The molecule has 1 N–H and O–H groups in total. The minimum Gasteiger partial charge on any atom is -0.352 e. The maximum atomic E-state index is 14.0. The first-order valence-electron chi connectivity index (χ1n) is 16.8. The van der Waals surface area contributed by atoms with Gasteiger partial charge < -0.3 is 10.2 Å². The van der Waals surface area contributed by atoms with Crippen LogP contribution < -0.4 is 9.62 Å². The van der Waals surface area contributed by atoms with E-state index in [0.717, 1.165) is 55.3 Å². The summed E-state index contributed by atoms with van der Waals surface area (Å²) in [6.45, 7) is 1.74. The van der Waals surface area contributed by atoms with Crippen LogP contribution in [-0.2, 0) is 31.4 Å². The molecular weight excluding hydrogens is 570 g/mol. The summed E-state index contributed by atoms with van der Waals surface area (Å²) in [5.41, 5.74) is 3.09. The van der Waals surface area contributed by atoms with E-state index in [2.05, 4.69) is 17.4 Å². The molecule has 5 aliphatic carbocycles. The van der Waals surface area contributed by atoms with Crippen LogP contribution in [0.5, 0.6) is 0 Å². The predicted octanol–water partition coefficient (Wildman–Crippen LogP) is 5.83. The third-order valence-corrected chi connectivity index (χ3v) is 12.2. The second-order valence-electron chi connectivity index (χ2n) is 14.4. The Labute approximate surface area is 263 Å². The lowest BCUT2D eigenvalue weighted by Gasteiger charge is -2.57. The molecule has 0 aromatic heterocycles. The molecule has 0 aliphatic heterocycles. The van der Waals surface area contributed by atoms with Crippen molar-refractivity contribution in [2.45, 2.75) is 101 Å². The van der Waals surface area contributed by atoms with Gasteiger partial charge in [-0.25, -0.2) is 8.42 Å². The standard InChI is InChI=1S/C36H49N3O4S/c1-26(35(41)37-32-11-7-4-8-12-32)38(18-17-27-9-5-3-6-10-27)34(40)25-39(44(2,42)43)33-15-13-31(14-16-33)36-22-28-19-29(23-36)21-30(20-28)24-36/h3,5-6,9-10,13-16,26,28-30,32H,4,7-8,11-12,17-25H2,1-2H3,(H,37,41)/t26-,28?,29?,30?,36?/m1/s1. The van der Waals surface area contributed by atoms with E-state index in [-0.39, 0.29) is 29.8 Å². The fourth-order valence-electron chi connectivity index (χ4n) is 9.20.